The molecule has 2 aromatic carbocycles. The SMILES string of the molecule is COc1cc(C(=O)N[C@@H]2CCN(C)C[C@@H]2F)c(Cl)cc1Nc1ncc(C(F)(F)F)c(Oc2cccc3c2C(=O)NC3)n1. The third-order valence-corrected chi connectivity index (χ3v) is 7.20. The number of methoxy groups -OCH3 is 1. The van der Waals surface area contributed by atoms with Gasteiger partial charge in [0.25, 0.3) is 11.8 Å². The van der Waals surface area contributed by atoms with Crippen molar-refractivity contribution in [1.29, 1.82) is 0 Å². The van der Waals surface area contributed by atoms with Crippen molar-refractivity contribution >= 4 is 35.1 Å². The normalized spacial score (nSPS) is 18.7. The second-order valence-corrected chi connectivity index (χ2v) is 10.2. The van der Waals surface area contributed by atoms with Crippen molar-refractivity contribution in [1.82, 2.24) is 25.5 Å². The molecule has 15 heteroatoms. The average molecular weight is 609 g/mol. The molecule has 0 unspecified atom stereocenters. The second-order valence-electron chi connectivity index (χ2n) is 9.79. The molecule has 2 atom stereocenters. The van der Waals surface area contributed by atoms with Crippen LogP contribution in [-0.4, -0.2) is 66.1 Å². The van der Waals surface area contributed by atoms with Gasteiger partial charge in [-0.1, -0.05) is 23.7 Å². The van der Waals surface area contributed by atoms with Crippen LogP contribution in [0.2, 0.25) is 5.02 Å². The molecule has 1 fully saturated rings. The van der Waals surface area contributed by atoms with Crippen molar-refractivity contribution in [3.63, 3.8) is 0 Å². The third-order valence-electron chi connectivity index (χ3n) is 6.89. The van der Waals surface area contributed by atoms with Crippen molar-refractivity contribution in [3.8, 4) is 17.4 Å². The summed E-state index contributed by atoms with van der Waals surface area (Å²) in [4.78, 5) is 34.7. The average Bonchev–Trinajstić information content (AvgIpc) is 3.31. The van der Waals surface area contributed by atoms with Gasteiger partial charge in [0.15, 0.2) is 0 Å². The maximum absolute atomic E-state index is 14.4. The molecule has 42 heavy (non-hydrogen) atoms. The number of anilines is 2. The number of rotatable bonds is 7. The summed E-state index contributed by atoms with van der Waals surface area (Å²) < 4.78 is 66.7. The molecular formula is C27H25ClF4N6O4. The van der Waals surface area contributed by atoms with Crippen molar-refractivity contribution in [3.05, 3.63) is 63.8 Å². The van der Waals surface area contributed by atoms with E-state index < -0.39 is 41.6 Å². The fourth-order valence-corrected chi connectivity index (χ4v) is 4.96. The van der Waals surface area contributed by atoms with Gasteiger partial charge in [0.1, 0.15) is 23.2 Å². The summed E-state index contributed by atoms with van der Waals surface area (Å²) in [5.41, 5.74) is -0.437. The summed E-state index contributed by atoms with van der Waals surface area (Å²) in [6.45, 7) is 1.02. The number of fused-ring (bicyclic) bond motifs is 1. The lowest BCUT2D eigenvalue weighted by Gasteiger charge is -2.32. The number of ether oxygens (including phenoxy) is 2. The number of hydrogen-bond acceptors (Lipinski definition) is 8. The first-order valence-corrected chi connectivity index (χ1v) is 13.1. The Hall–Kier alpha value is -4.17. The summed E-state index contributed by atoms with van der Waals surface area (Å²) in [6, 6.07) is 6.50. The Labute approximate surface area is 242 Å². The van der Waals surface area contributed by atoms with Crippen LogP contribution < -0.4 is 25.4 Å². The molecule has 0 radical (unpaired) electrons. The number of nitrogens with zero attached hydrogens (tertiary/aromatic N) is 3. The number of carbonyl (C=O) groups is 2. The third kappa shape index (κ3) is 6.04. The van der Waals surface area contributed by atoms with E-state index in [1.54, 1.807) is 19.2 Å². The fourth-order valence-electron chi connectivity index (χ4n) is 4.71. The maximum atomic E-state index is 14.4. The van der Waals surface area contributed by atoms with Gasteiger partial charge in [-0.3, -0.25) is 9.59 Å². The van der Waals surface area contributed by atoms with Crippen molar-refractivity contribution in [2.45, 2.75) is 31.4 Å². The zero-order chi connectivity index (χ0) is 30.2. The van der Waals surface area contributed by atoms with Gasteiger partial charge < -0.3 is 30.3 Å². The van der Waals surface area contributed by atoms with Crippen LogP contribution in [0.25, 0.3) is 0 Å². The predicted octanol–water partition coefficient (Wildman–Crippen LogP) is 4.71. The van der Waals surface area contributed by atoms with E-state index in [-0.39, 0.29) is 52.4 Å². The first-order valence-electron chi connectivity index (χ1n) is 12.7. The van der Waals surface area contributed by atoms with Gasteiger partial charge in [-0.25, -0.2) is 9.37 Å². The predicted molar refractivity (Wildman–Crippen MR) is 144 cm³/mol. The number of hydrogen-bond donors (Lipinski definition) is 3. The first kappa shape index (κ1) is 29.3. The molecule has 3 N–H and O–H groups in total. The lowest BCUT2D eigenvalue weighted by molar-refractivity contribution is -0.139. The monoisotopic (exact) mass is 608 g/mol. The molecule has 2 aliphatic rings. The van der Waals surface area contributed by atoms with Crippen LogP contribution in [0.1, 0.15) is 38.3 Å². The van der Waals surface area contributed by atoms with Crippen molar-refractivity contribution in [2.24, 2.45) is 0 Å². The number of amides is 2. The lowest BCUT2D eigenvalue weighted by Crippen LogP contribution is -2.51. The number of benzene rings is 2. The van der Waals surface area contributed by atoms with E-state index >= 15 is 0 Å². The number of aromatic nitrogens is 2. The number of carbonyl (C=O) groups excluding carboxylic acids is 2. The summed E-state index contributed by atoms with van der Waals surface area (Å²) in [5, 5.41) is 7.96. The van der Waals surface area contributed by atoms with Gasteiger partial charge in [0, 0.05) is 25.8 Å². The highest BCUT2D eigenvalue weighted by molar-refractivity contribution is 6.34. The molecule has 0 aliphatic carbocycles. The molecule has 1 aromatic heterocycles. The first-order chi connectivity index (χ1) is 19.9. The highest BCUT2D eigenvalue weighted by Crippen LogP contribution is 2.40. The van der Waals surface area contributed by atoms with Crippen LogP contribution in [0.4, 0.5) is 29.2 Å². The van der Waals surface area contributed by atoms with Gasteiger partial charge in [-0.15, -0.1) is 0 Å². The van der Waals surface area contributed by atoms with Gasteiger partial charge in [-0.05, 0) is 37.2 Å². The molecule has 10 nitrogen and oxygen atoms in total. The van der Waals surface area contributed by atoms with E-state index in [1.807, 2.05) is 4.90 Å². The summed E-state index contributed by atoms with van der Waals surface area (Å²) in [6.07, 6.45) is -5.16. The molecule has 222 valence electrons. The molecule has 3 aromatic rings. The number of alkyl halides is 4. The number of nitrogens with one attached hydrogen (secondary N) is 3. The number of halogens is 5. The van der Waals surface area contributed by atoms with Gasteiger partial charge >= 0.3 is 6.18 Å². The van der Waals surface area contributed by atoms with E-state index in [9.17, 15) is 27.2 Å². The minimum atomic E-state index is -4.86. The highest BCUT2D eigenvalue weighted by Gasteiger charge is 2.37. The van der Waals surface area contributed by atoms with E-state index in [4.69, 9.17) is 21.1 Å². The lowest BCUT2D eigenvalue weighted by atomic mass is 10.0. The van der Waals surface area contributed by atoms with Crippen LogP contribution in [0, 0.1) is 0 Å². The van der Waals surface area contributed by atoms with Crippen LogP contribution in [0.3, 0.4) is 0 Å². The minimum Gasteiger partial charge on any atom is -0.495 e. The smallest absolute Gasteiger partial charge is 0.423 e. The van der Waals surface area contributed by atoms with Crippen LogP contribution in [0.5, 0.6) is 17.4 Å². The molecule has 0 spiro atoms. The molecule has 1 saturated heterocycles. The molecule has 2 amide bonds. The molecular weight excluding hydrogens is 584 g/mol. The maximum Gasteiger partial charge on any atom is 0.423 e. The Morgan fingerprint density at radius 2 is 2.02 bits per heavy atom. The van der Waals surface area contributed by atoms with Crippen LogP contribution in [0.15, 0.2) is 36.5 Å². The van der Waals surface area contributed by atoms with Crippen LogP contribution in [-0.2, 0) is 12.7 Å². The Morgan fingerprint density at radius 1 is 1.24 bits per heavy atom. The molecule has 3 heterocycles. The molecule has 5 rings (SSSR count). The quantitative estimate of drug-likeness (QED) is 0.330. The molecule has 0 saturated carbocycles. The number of likely N-dealkylation sites (tertiary alicyclic amines) is 1. The fraction of sp³-hybridized carbons (Fsp3) is 0.333. The summed E-state index contributed by atoms with van der Waals surface area (Å²) >= 11 is 6.38. The number of piperidine rings is 1. The highest BCUT2D eigenvalue weighted by atomic mass is 35.5. The summed E-state index contributed by atoms with van der Waals surface area (Å²) in [7, 11) is 3.10. The van der Waals surface area contributed by atoms with Gasteiger partial charge in [0.05, 0.1) is 35.0 Å². The van der Waals surface area contributed by atoms with Crippen molar-refractivity contribution < 1.29 is 36.6 Å². The Kier molecular flexibility index (Phi) is 8.10. The topological polar surface area (TPSA) is 118 Å². The van der Waals surface area contributed by atoms with Gasteiger partial charge in [0.2, 0.25) is 11.8 Å². The largest absolute Gasteiger partial charge is 0.495 e. The molecule has 2 aliphatic heterocycles. The Balaban J connectivity index is 1.42. The van der Waals surface area contributed by atoms with Crippen LogP contribution >= 0.6 is 11.6 Å². The zero-order valence-electron chi connectivity index (χ0n) is 22.3. The van der Waals surface area contributed by atoms with Gasteiger partial charge in [-0.2, -0.15) is 18.2 Å². The van der Waals surface area contributed by atoms with E-state index in [0.717, 1.165) is 0 Å². The van der Waals surface area contributed by atoms with Crippen molar-refractivity contribution in [2.75, 3.05) is 32.6 Å². The Bertz CT molecular complexity index is 1540. The second kappa shape index (κ2) is 11.6. The van der Waals surface area contributed by atoms with E-state index in [1.165, 1.54) is 25.3 Å². The standard InChI is InChI=1S/C27H25ClF4N6O4/c1-38-7-6-18(17(29)12-38)35-23(39)14-8-21(41-2)19(9-16(14)28)36-26-34-11-15(27(30,31)32)25(37-26)42-20-5-3-4-13-10-33-24(40)22(13)20/h3-5,8-9,11,17-18H,6-7,10,12H2,1-2H3,(H,33,40)(H,35,39)(H,34,36,37)/t17-,18+/m0/s1. The van der Waals surface area contributed by atoms with E-state index in [0.29, 0.717) is 24.7 Å². The zero-order valence-corrected chi connectivity index (χ0v) is 23.1. The Morgan fingerprint density at radius 3 is 2.74 bits per heavy atom. The molecule has 0 bridgehead atoms. The summed E-state index contributed by atoms with van der Waals surface area (Å²) in [5.74, 6) is -2.26. The minimum absolute atomic E-state index is 0.0127. The van der Waals surface area contributed by atoms with E-state index in [2.05, 4.69) is 25.9 Å².